The maximum Gasteiger partial charge on any atom is 0.0420 e. The van der Waals surface area contributed by atoms with E-state index in [0.29, 0.717) is 0 Å². The van der Waals surface area contributed by atoms with Crippen LogP contribution in [0, 0.1) is 6.92 Å². The fourth-order valence-electron chi connectivity index (χ4n) is 1.76. The van der Waals surface area contributed by atoms with Gasteiger partial charge >= 0.3 is 0 Å². The fourth-order valence-corrected chi connectivity index (χ4v) is 1.76. The summed E-state index contributed by atoms with van der Waals surface area (Å²) < 4.78 is 0. The minimum Gasteiger partial charge on any atom is -0.302 e. The van der Waals surface area contributed by atoms with Gasteiger partial charge < -0.3 is 4.90 Å². The van der Waals surface area contributed by atoms with Crippen molar-refractivity contribution in [3.8, 4) is 0 Å². The molecule has 0 aromatic carbocycles. The predicted molar refractivity (Wildman–Crippen MR) is 49.0 cm³/mol. The third-order valence-corrected chi connectivity index (χ3v) is 2.56. The summed E-state index contributed by atoms with van der Waals surface area (Å²) in [5, 5.41) is 0. The zero-order chi connectivity index (χ0) is 8.55. The number of fused-ring (bicyclic) bond motifs is 1. The highest BCUT2D eigenvalue weighted by Crippen LogP contribution is 2.18. The van der Waals surface area contributed by atoms with E-state index in [1.165, 1.54) is 29.8 Å². The number of rotatable bonds is 0. The summed E-state index contributed by atoms with van der Waals surface area (Å²) >= 11 is 0. The molecule has 0 bridgehead atoms. The second-order valence-corrected chi connectivity index (χ2v) is 3.52. The number of nitrogens with zero attached hydrogens (tertiary/aromatic N) is 2. The van der Waals surface area contributed by atoms with Crippen molar-refractivity contribution in [2.45, 2.75) is 19.9 Å². The zero-order valence-electron chi connectivity index (χ0n) is 7.67. The molecule has 1 aromatic heterocycles. The molecule has 0 atom stereocenters. The third-order valence-electron chi connectivity index (χ3n) is 2.56. The number of hydrogen-bond acceptors (Lipinski definition) is 2. The molecule has 0 amide bonds. The van der Waals surface area contributed by atoms with Crippen LogP contribution in [0.1, 0.15) is 16.8 Å². The van der Waals surface area contributed by atoms with Crippen molar-refractivity contribution in [2.24, 2.45) is 0 Å². The lowest BCUT2D eigenvalue weighted by Gasteiger charge is -2.25. The average Bonchev–Trinajstić information content (AvgIpc) is 2.07. The summed E-state index contributed by atoms with van der Waals surface area (Å²) in [4.78, 5) is 6.64. The minimum absolute atomic E-state index is 1.06. The highest BCUT2D eigenvalue weighted by molar-refractivity contribution is 5.31. The Labute approximate surface area is 73.2 Å². The Balaban J connectivity index is 2.43. The number of likely N-dealkylation sites (N-methyl/N-ethyl adjacent to an activating group) is 1. The molecule has 2 heteroatoms. The van der Waals surface area contributed by atoms with Crippen LogP contribution in [0.2, 0.25) is 0 Å². The highest BCUT2D eigenvalue weighted by Gasteiger charge is 2.14. The van der Waals surface area contributed by atoms with Gasteiger partial charge in [-0.05, 0) is 37.6 Å². The van der Waals surface area contributed by atoms with Gasteiger partial charge in [-0.2, -0.15) is 0 Å². The number of hydrogen-bond donors (Lipinski definition) is 0. The van der Waals surface area contributed by atoms with Crippen molar-refractivity contribution in [1.29, 1.82) is 0 Å². The summed E-state index contributed by atoms with van der Waals surface area (Å²) in [6.07, 6.45) is 3.09. The van der Waals surface area contributed by atoms with E-state index in [-0.39, 0.29) is 0 Å². The Bertz CT molecular complexity index is 294. The molecule has 0 unspecified atom stereocenters. The maximum absolute atomic E-state index is 4.30. The average molecular weight is 162 g/mol. The topological polar surface area (TPSA) is 16.1 Å². The first-order chi connectivity index (χ1) is 5.77. The SMILES string of the molecule is Cc1nccc2c1CN(C)CC2. The van der Waals surface area contributed by atoms with E-state index < -0.39 is 0 Å². The molecule has 1 aromatic rings. The summed E-state index contributed by atoms with van der Waals surface area (Å²) in [6.45, 7) is 4.34. The lowest BCUT2D eigenvalue weighted by atomic mass is 10.00. The van der Waals surface area contributed by atoms with Gasteiger partial charge in [-0.3, -0.25) is 4.98 Å². The van der Waals surface area contributed by atoms with Crippen molar-refractivity contribution >= 4 is 0 Å². The van der Waals surface area contributed by atoms with Crippen LogP contribution in [0.25, 0.3) is 0 Å². The summed E-state index contributed by atoms with van der Waals surface area (Å²) in [5.41, 5.74) is 4.12. The van der Waals surface area contributed by atoms with Crippen molar-refractivity contribution in [3.05, 3.63) is 29.1 Å². The van der Waals surface area contributed by atoms with Crippen LogP contribution < -0.4 is 0 Å². The molecular formula is C10H14N2. The summed E-state index contributed by atoms with van der Waals surface area (Å²) in [7, 11) is 2.16. The molecule has 12 heavy (non-hydrogen) atoms. The van der Waals surface area contributed by atoms with E-state index in [1.807, 2.05) is 6.20 Å². The second kappa shape index (κ2) is 2.87. The first kappa shape index (κ1) is 7.74. The van der Waals surface area contributed by atoms with Crippen LogP contribution in [0.3, 0.4) is 0 Å². The van der Waals surface area contributed by atoms with Gasteiger partial charge in [0.2, 0.25) is 0 Å². The van der Waals surface area contributed by atoms with Crippen molar-refractivity contribution in [1.82, 2.24) is 9.88 Å². The van der Waals surface area contributed by atoms with Crippen molar-refractivity contribution < 1.29 is 0 Å². The van der Waals surface area contributed by atoms with Crippen LogP contribution in [0.15, 0.2) is 12.3 Å². The van der Waals surface area contributed by atoms with E-state index in [9.17, 15) is 0 Å². The minimum atomic E-state index is 1.06. The lowest BCUT2D eigenvalue weighted by Crippen LogP contribution is -2.27. The lowest BCUT2D eigenvalue weighted by molar-refractivity contribution is 0.311. The standard InChI is InChI=1S/C10H14N2/c1-8-10-7-12(2)6-4-9(10)3-5-11-8/h3,5H,4,6-7H2,1-2H3. The summed E-state index contributed by atoms with van der Waals surface area (Å²) in [6, 6.07) is 2.15. The molecule has 1 aliphatic rings. The Kier molecular flexibility index (Phi) is 1.85. The molecule has 0 radical (unpaired) electrons. The Morgan fingerprint density at radius 3 is 3.17 bits per heavy atom. The molecule has 2 nitrogen and oxygen atoms in total. The molecule has 64 valence electrons. The van der Waals surface area contributed by atoms with E-state index in [1.54, 1.807) is 0 Å². The van der Waals surface area contributed by atoms with Crippen molar-refractivity contribution in [2.75, 3.05) is 13.6 Å². The monoisotopic (exact) mass is 162 g/mol. The van der Waals surface area contributed by atoms with Crippen LogP contribution in [-0.4, -0.2) is 23.5 Å². The normalized spacial score (nSPS) is 17.5. The molecule has 0 saturated heterocycles. The summed E-state index contributed by atoms with van der Waals surface area (Å²) in [5.74, 6) is 0. The molecule has 0 fully saturated rings. The van der Waals surface area contributed by atoms with Gasteiger partial charge in [0, 0.05) is 25.0 Å². The number of aryl methyl sites for hydroxylation is 1. The van der Waals surface area contributed by atoms with Gasteiger partial charge in [0.15, 0.2) is 0 Å². The molecule has 1 aliphatic heterocycles. The van der Waals surface area contributed by atoms with Gasteiger partial charge in [0.25, 0.3) is 0 Å². The van der Waals surface area contributed by atoms with Crippen molar-refractivity contribution in [3.63, 3.8) is 0 Å². The fraction of sp³-hybridized carbons (Fsp3) is 0.500. The Hall–Kier alpha value is -0.890. The van der Waals surface area contributed by atoms with Gasteiger partial charge in [-0.1, -0.05) is 0 Å². The highest BCUT2D eigenvalue weighted by atomic mass is 15.1. The van der Waals surface area contributed by atoms with Crippen LogP contribution in [-0.2, 0) is 13.0 Å². The zero-order valence-corrected chi connectivity index (χ0v) is 7.67. The van der Waals surface area contributed by atoms with Gasteiger partial charge in [-0.15, -0.1) is 0 Å². The third kappa shape index (κ3) is 1.23. The van der Waals surface area contributed by atoms with Crippen LogP contribution >= 0.6 is 0 Å². The maximum atomic E-state index is 4.30. The second-order valence-electron chi connectivity index (χ2n) is 3.52. The largest absolute Gasteiger partial charge is 0.302 e. The predicted octanol–water partition coefficient (Wildman–Crippen LogP) is 1.38. The molecule has 0 N–H and O–H groups in total. The van der Waals surface area contributed by atoms with E-state index in [0.717, 1.165) is 6.54 Å². The van der Waals surface area contributed by atoms with Crippen LogP contribution in [0.5, 0.6) is 0 Å². The van der Waals surface area contributed by atoms with Gasteiger partial charge in [-0.25, -0.2) is 0 Å². The smallest absolute Gasteiger partial charge is 0.0420 e. The van der Waals surface area contributed by atoms with Crippen LogP contribution in [0.4, 0.5) is 0 Å². The van der Waals surface area contributed by atoms with Gasteiger partial charge in [0.1, 0.15) is 0 Å². The Morgan fingerprint density at radius 1 is 1.50 bits per heavy atom. The molecule has 2 heterocycles. The molecule has 2 rings (SSSR count). The quantitative estimate of drug-likeness (QED) is 0.573. The Morgan fingerprint density at radius 2 is 2.33 bits per heavy atom. The van der Waals surface area contributed by atoms with Gasteiger partial charge in [0.05, 0.1) is 0 Å². The first-order valence-electron chi connectivity index (χ1n) is 4.39. The number of aromatic nitrogens is 1. The first-order valence-corrected chi connectivity index (χ1v) is 4.39. The van der Waals surface area contributed by atoms with E-state index >= 15 is 0 Å². The molecular weight excluding hydrogens is 148 g/mol. The number of pyridine rings is 1. The van der Waals surface area contributed by atoms with E-state index in [2.05, 4.69) is 29.9 Å². The van der Waals surface area contributed by atoms with E-state index in [4.69, 9.17) is 0 Å². The molecule has 0 aliphatic carbocycles. The molecule has 0 spiro atoms. The molecule has 0 saturated carbocycles.